The molecule has 32 heavy (non-hydrogen) atoms. The van der Waals surface area contributed by atoms with Gasteiger partial charge in [-0.1, -0.05) is 24.3 Å². The van der Waals surface area contributed by atoms with Crippen molar-refractivity contribution in [2.24, 2.45) is 0 Å². The highest BCUT2D eigenvalue weighted by Gasteiger charge is 2.24. The number of hydrogen-bond acceptors (Lipinski definition) is 6. The normalized spacial score (nSPS) is 10.8. The van der Waals surface area contributed by atoms with Gasteiger partial charge in [0.25, 0.3) is 0 Å². The molecule has 3 aromatic rings. The number of aryl methyl sites for hydroxylation is 1. The lowest BCUT2D eigenvalue weighted by Gasteiger charge is -2.08. The lowest BCUT2D eigenvalue weighted by molar-refractivity contribution is -0.111. The maximum Gasteiger partial charge on any atom is 0.341 e. The summed E-state index contributed by atoms with van der Waals surface area (Å²) in [7, 11) is 2.92. The van der Waals surface area contributed by atoms with Crippen LogP contribution in [0.25, 0.3) is 17.2 Å². The highest BCUT2D eigenvalue weighted by molar-refractivity contribution is 7.17. The number of carbonyl (C=O) groups is 2. The molecule has 1 amide bonds. The van der Waals surface area contributed by atoms with Crippen molar-refractivity contribution in [2.75, 3.05) is 26.1 Å². The summed E-state index contributed by atoms with van der Waals surface area (Å²) in [5.74, 6) is 0.643. The zero-order valence-electron chi connectivity index (χ0n) is 18.4. The minimum atomic E-state index is -0.507. The lowest BCUT2D eigenvalue weighted by atomic mass is 10.0. The van der Waals surface area contributed by atoms with Crippen molar-refractivity contribution in [3.05, 3.63) is 70.6 Å². The molecule has 166 valence electrons. The summed E-state index contributed by atoms with van der Waals surface area (Å²) in [6.07, 6.45) is 3.12. The summed E-state index contributed by atoms with van der Waals surface area (Å²) >= 11 is 1.33. The second-order valence-electron chi connectivity index (χ2n) is 6.78. The Kier molecular flexibility index (Phi) is 7.68. The number of rotatable bonds is 8. The Bertz CT molecular complexity index is 1110. The topological polar surface area (TPSA) is 73.9 Å². The number of carbonyl (C=O) groups excluding carboxylic acids is 2. The summed E-state index contributed by atoms with van der Waals surface area (Å²) in [4.78, 5) is 26.1. The van der Waals surface area contributed by atoms with E-state index in [0.717, 1.165) is 33.1 Å². The third-order valence-corrected chi connectivity index (χ3v) is 5.73. The van der Waals surface area contributed by atoms with Crippen LogP contribution in [0.15, 0.2) is 54.6 Å². The van der Waals surface area contributed by atoms with Crippen LogP contribution in [0.1, 0.15) is 27.7 Å². The first kappa shape index (κ1) is 23.1. The smallest absolute Gasteiger partial charge is 0.341 e. The zero-order chi connectivity index (χ0) is 23.1. The summed E-state index contributed by atoms with van der Waals surface area (Å²) in [6.45, 7) is 4.40. The molecular weight excluding hydrogens is 426 g/mol. The largest absolute Gasteiger partial charge is 0.497 e. The van der Waals surface area contributed by atoms with Crippen LogP contribution in [0, 0.1) is 6.92 Å². The predicted molar refractivity (Wildman–Crippen MR) is 128 cm³/mol. The van der Waals surface area contributed by atoms with Gasteiger partial charge in [0.2, 0.25) is 5.91 Å². The average Bonchev–Trinajstić information content (AvgIpc) is 3.13. The van der Waals surface area contributed by atoms with E-state index in [0.29, 0.717) is 17.2 Å². The summed E-state index contributed by atoms with van der Waals surface area (Å²) < 4.78 is 15.6. The van der Waals surface area contributed by atoms with Gasteiger partial charge in [0.1, 0.15) is 22.1 Å². The van der Waals surface area contributed by atoms with Gasteiger partial charge in [-0.2, -0.15) is 0 Å². The number of amides is 1. The SMILES string of the molecule is CCOc1ccc(-c2c(C)sc(NC(=O)/C=C/c3ccc(OC)cc3)c2C(=O)OC)cc1. The molecule has 0 spiro atoms. The van der Waals surface area contributed by atoms with Crippen LogP contribution in [-0.2, 0) is 9.53 Å². The van der Waals surface area contributed by atoms with Crippen LogP contribution in [0.5, 0.6) is 11.5 Å². The quantitative estimate of drug-likeness (QED) is 0.358. The van der Waals surface area contributed by atoms with Crippen LogP contribution in [0.3, 0.4) is 0 Å². The van der Waals surface area contributed by atoms with Gasteiger partial charge in [0.05, 0.1) is 20.8 Å². The van der Waals surface area contributed by atoms with E-state index in [4.69, 9.17) is 14.2 Å². The zero-order valence-corrected chi connectivity index (χ0v) is 19.2. The van der Waals surface area contributed by atoms with E-state index >= 15 is 0 Å². The number of ether oxygens (including phenoxy) is 3. The molecule has 0 saturated heterocycles. The van der Waals surface area contributed by atoms with E-state index in [2.05, 4.69) is 5.32 Å². The first-order valence-electron chi connectivity index (χ1n) is 10.0. The number of thiophene rings is 1. The first-order chi connectivity index (χ1) is 15.5. The van der Waals surface area contributed by atoms with E-state index in [1.807, 2.05) is 62.4 Å². The van der Waals surface area contributed by atoms with Crippen LogP contribution >= 0.6 is 11.3 Å². The minimum Gasteiger partial charge on any atom is -0.497 e. The molecule has 0 bridgehead atoms. The summed E-state index contributed by atoms with van der Waals surface area (Å²) in [6, 6.07) is 14.8. The van der Waals surface area contributed by atoms with E-state index in [-0.39, 0.29) is 5.91 Å². The number of anilines is 1. The number of methoxy groups -OCH3 is 2. The second-order valence-corrected chi connectivity index (χ2v) is 8.01. The fourth-order valence-corrected chi connectivity index (χ4v) is 4.27. The molecular formula is C25H25NO5S. The fourth-order valence-electron chi connectivity index (χ4n) is 3.20. The third kappa shape index (κ3) is 5.36. The molecule has 0 aliphatic carbocycles. The van der Waals surface area contributed by atoms with Gasteiger partial charge in [-0.05, 0) is 55.3 Å². The molecule has 2 aromatic carbocycles. The highest BCUT2D eigenvalue weighted by Crippen LogP contribution is 2.40. The molecule has 7 heteroatoms. The van der Waals surface area contributed by atoms with Gasteiger partial charge in [0, 0.05) is 16.5 Å². The fraction of sp³-hybridized carbons (Fsp3) is 0.200. The molecule has 0 radical (unpaired) electrons. The Hall–Kier alpha value is -3.58. The van der Waals surface area contributed by atoms with E-state index in [1.165, 1.54) is 24.5 Å². The Morgan fingerprint density at radius 3 is 2.25 bits per heavy atom. The maximum atomic E-state index is 12.6. The number of benzene rings is 2. The van der Waals surface area contributed by atoms with Gasteiger partial charge in [-0.15, -0.1) is 11.3 Å². The van der Waals surface area contributed by atoms with Gasteiger partial charge < -0.3 is 19.5 Å². The average molecular weight is 452 g/mol. The molecule has 0 atom stereocenters. The standard InChI is InChI=1S/C25H25NO5S/c1-5-31-20-13-9-18(10-14-20)22-16(2)32-24(23(22)25(28)30-4)26-21(27)15-8-17-6-11-19(29-3)12-7-17/h6-15H,5H2,1-4H3,(H,26,27)/b15-8+. The summed E-state index contributed by atoms with van der Waals surface area (Å²) in [5.41, 5.74) is 2.77. The molecule has 1 N–H and O–H groups in total. The molecule has 0 saturated carbocycles. The van der Waals surface area contributed by atoms with Crippen molar-refractivity contribution < 1.29 is 23.8 Å². The van der Waals surface area contributed by atoms with Crippen molar-refractivity contribution in [1.82, 2.24) is 0 Å². The third-order valence-electron chi connectivity index (χ3n) is 4.71. The highest BCUT2D eigenvalue weighted by atomic mass is 32.1. The molecule has 3 rings (SSSR count). The number of nitrogens with one attached hydrogen (secondary N) is 1. The van der Waals surface area contributed by atoms with Gasteiger partial charge in [-0.3, -0.25) is 4.79 Å². The van der Waals surface area contributed by atoms with Crippen LogP contribution in [0.2, 0.25) is 0 Å². The van der Waals surface area contributed by atoms with Crippen molar-refractivity contribution >= 4 is 34.3 Å². The lowest BCUT2D eigenvalue weighted by Crippen LogP contribution is -2.11. The number of hydrogen-bond donors (Lipinski definition) is 1. The van der Waals surface area contributed by atoms with Crippen molar-refractivity contribution in [2.45, 2.75) is 13.8 Å². The molecule has 0 unspecified atom stereocenters. The van der Waals surface area contributed by atoms with Gasteiger partial charge in [-0.25, -0.2) is 4.79 Å². The Labute approximate surface area is 191 Å². The monoisotopic (exact) mass is 451 g/mol. The number of esters is 1. The van der Waals surface area contributed by atoms with Gasteiger partial charge in [0.15, 0.2) is 0 Å². The van der Waals surface area contributed by atoms with E-state index < -0.39 is 5.97 Å². The molecule has 0 fully saturated rings. The second kappa shape index (κ2) is 10.6. The van der Waals surface area contributed by atoms with Crippen LogP contribution in [0.4, 0.5) is 5.00 Å². The van der Waals surface area contributed by atoms with Crippen molar-refractivity contribution in [3.8, 4) is 22.6 Å². The van der Waals surface area contributed by atoms with Crippen molar-refractivity contribution in [3.63, 3.8) is 0 Å². The summed E-state index contributed by atoms with van der Waals surface area (Å²) in [5, 5.41) is 3.27. The Morgan fingerprint density at radius 2 is 1.66 bits per heavy atom. The molecule has 0 aliphatic heterocycles. The van der Waals surface area contributed by atoms with E-state index in [1.54, 1.807) is 13.2 Å². The van der Waals surface area contributed by atoms with Crippen LogP contribution in [-0.4, -0.2) is 32.7 Å². The molecule has 1 aromatic heterocycles. The van der Waals surface area contributed by atoms with Crippen LogP contribution < -0.4 is 14.8 Å². The Morgan fingerprint density at radius 1 is 1.00 bits per heavy atom. The van der Waals surface area contributed by atoms with Crippen molar-refractivity contribution in [1.29, 1.82) is 0 Å². The Balaban J connectivity index is 1.87. The first-order valence-corrected chi connectivity index (χ1v) is 10.9. The molecule has 6 nitrogen and oxygen atoms in total. The molecule has 1 heterocycles. The molecule has 0 aliphatic rings. The predicted octanol–water partition coefficient (Wildman–Crippen LogP) is 5.57. The minimum absolute atomic E-state index is 0.338. The van der Waals surface area contributed by atoms with E-state index in [9.17, 15) is 9.59 Å². The maximum absolute atomic E-state index is 12.6. The van der Waals surface area contributed by atoms with Gasteiger partial charge >= 0.3 is 5.97 Å².